The van der Waals surface area contributed by atoms with Gasteiger partial charge in [-0.1, -0.05) is 48.5 Å². The maximum Gasteiger partial charge on any atom is 0.325 e. The molecule has 2 N–H and O–H groups in total. The van der Waals surface area contributed by atoms with E-state index in [1.165, 1.54) is 11.9 Å². The Morgan fingerprint density at radius 2 is 1.81 bits per heavy atom. The molecule has 27 heavy (non-hydrogen) atoms. The van der Waals surface area contributed by atoms with E-state index in [1.807, 2.05) is 73.7 Å². The van der Waals surface area contributed by atoms with Crippen molar-refractivity contribution in [2.75, 3.05) is 0 Å². The average Bonchev–Trinajstić information content (AvgIpc) is 2.68. The van der Waals surface area contributed by atoms with E-state index in [4.69, 9.17) is 0 Å². The quantitative estimate of drug-likeness (QED) is 0.500. The van der Waals surface area contributed by atoms with E-state index in [-0.39, 0.29) is 12.1 Å². The smallest absolute Gasteiger partial charge is 0.325 e. The number of amides is 2. The molecule has 0 aliphatic rings. The van der Waals surface area contributed by atoms with Gasteiger partial charge < -0.3 is 5.32 Å². The second-order valence-corrected chi connectivity index (χ2v) is 7.76. The minimum Gasteiger partial charge on any atom is -0.329 e. The Labute approximate surface area is 172 Å². The van der Waals surface area contributed by atoms with Crippen LogP contribution in [0.5, 0.6) is 0 Å². The molecule has 2 amide bonds. The number of nitrogens with zero attached hydrogens (tertiary/aromatic N) is 1. The third-order valence-corrected chi connectivity index (χ3v) is 5.69. The molecule has 138 valence electrons. The first-order valence-corrected chi connectivity index (χ1v) is 10.2. The molecule has 3 rings (SSSR count). The first-order valence-electron chi connectivity index (χ1n) is 8.57. The molecule has 0 aliphatic carbocycles. The van der Waals surface area contributed by atoms with Gasteiger partial charge in [0.15, 0.2) is 0 Å². The number of carbonyl (C=O) groups excluding carboxylic acids is 1. The van der Waals surface area contributed by atoms with Gasteiger partial charge in [0.05, 0.1) is 11.7 Å². The second kappa shape index (κ2) is 9.58. The SMILES string of the molecule is Cc1ccccc1SNC(=O)NC(Cc1ccccc1)c1ncccc1Br. The van der Waals surface area contributed by atoms with Crippen molar-refractivity contribution in [1.29, 1.82) is 0 Å². The third-order valence-electron chi connectivity index (χ3n) is 4.05. The van der Waals surface area contributed by atoms with E-state index in [9.17, 15) is 4.79 Å². The number of pyridine rings is 1. The highest BCUT2D eigenvalue weighted by Crippen LogP contribution is 2.24. The fourth-order valence-corrected chi connectivity index (χ4v) is 3.85. The van der Waals surface area contributed by atoms with Crippen LogP contribution in [0.4, 0.5) is 4.79 Å². The molecular weight excluding hydrogens is 422 g/mol. The molecule has 3 aromatic rings. The molecule has 1 unspecified atom stereocenters. The van der Waals surface area contributed by atoms with Gasteiger partial charge in [-0.2, -0.15) is 0 Å². The number of hydrogen-bond acceptors (Lipinski definition) is 3. The van der Waals surface area contributed by atoms with Crippen molar-refractivity contribution in [3.63, 3.8) is 0 Å². The highest BCUT2D eigenvalue weighted by molar-refractivity contribution is 9.10. The van der Waals surface area contributed by atoms with E-state index in [2.05, 4.69) is 31.0 Å². The maximum atomic E-state index is 12.5. The molecule has 2 aromatic carbocycles. The lowest BCUT2D eigenvalue weighted by Crippen LogP contribution is -2.36. The predicted molar refractivity (Wildman–Crippen MR) is 114 cm³/mol. The molecule has 0 radical (unpaired) electrons. The Bertz CT molecular complexity index is 905. The summed E-state index contributed by atoms with van der Waals surface area (Å²) in [6.45, 7) is 2.02. The van der Waals surface area contributed by atoms with Crippen molar-refractivity contribution in [2.24, 2.45) is 0 Å². The maximum absolute atomic E-state index is 12.5. The molecule has 0 bridgehead atoms. The first-order chi connectivity index (χ1) is 13.1. The van der Waals surface area contributed by atoms with Crippen LogP contribution in [0.15, 0.2) is 82.3 Å². The van der Waals surface area contributed by atoms with Crippen molar-refractivity contribution >= 4 is 33.9 Å². The van der Waals surface area contributed by atoms with Crippen molar-refractivity contribution < 1.29 is 4.79 Å². The van der Waals surface area contributed by atoms with Crippen LogP contribution in [0, 0.1) is 6.92 Å². The van der Waals surface area contributed by atoms with Gasteiger partial charge in [0.2, 0.25) is 0 Å². The van der Waals surface area contributed by atoms with Crippen LogP contribution in [0.2, 0.25) is 0 Å². The van der Waals surface area contributed by atoms with Crippen molar-refractivity contribution in [3.8, 4) is 0 Å². The number of benzene rings is 2. The topological polar surface area (TPSA) is 54.0 Å². The summed E-state index contributed by atoms with van der Waals surface area (Å²) in [5.41, 5.74) is 3.06. The third kappa shape index (κ3) is 5.58. The first kappa shape index (κ1) is 19.5. The lowest BCUT2D eigenvalue weighted by Gasteiger charge is -2.20. The molecule has 1 heterocycles. The summed E-state index contributed by atoms with van der Waals surface area (Å²) in [5.74, 6) is 0. The van der Waals surface area contributed by atoms with Gasteiger partial charge >= 0.3 is 6.03 Å². The van der Waals surface area contributed by atoms with E-state index in [1.54, 1.807) is 6.20 Å². The Morgan fingerprint density at radius 3 is 2.56 bits per heavy atom. The average molecular weight is 442 g/mol. The summed E-state index contributed by atoms with van der Waals surface area (Å²) in [4.78, 5) is 18.0. The molecule has 6 heteroatoms. The fraction of sp³-hybridized carbons (Fsp3) is 0.143. The number of carbonyl (C=O) groups is 1. The van der Waals surface area contributed by atoms with Gasteiger partial charge in [-0.05, 0) is 70.5 Å². The lowest BCUT2D eigenvalue weighted by molar-refractivity contribution is 0.242. The normalized spacial score (nSPS) is 11.6. The van der Waals surface area contributed by atoms with E-state index in [0.29, 0.717) is 6.42 Å². The van der Waals surface area contributed by atoms with Crippen LogP contribution in [0.3, 0.4) is 0 Å². The zero-order valence-electron chi connectivity index (χ0n) is 14.9. The van der Waals surface area contributed by atoms with Crippen LogP contribution in [0.25, 0.3) is 0 Å². The van der Waals surface area contributed by atoms with E-state index in [0.717, 1.165) is 26.2 Å². The van der Waals surface area contributed by atoms with Gasteiger partial charge in [-0.15, -0.1) is 0 Å². The van der Waals surface area contributed by atoms with Crippen molar-refractivity contribution in [1.82, 2.24) is 15.0 Å². The Morgan fingerprint density at radius 1 is 1.07 bits per heavy atom. The number of aromatic nitrogens is 1. The highest BCUT2D eigenvalue weighted by atomic mass is 79.9. The summed E-state index contributed by atoms with van der Waals surface area (Å²) < 4.78 is 3.74. The number of urea groups is 1. The Hall–Kier alpha value is -2.31. The molecule has 0 aliphatic heterocycles. The molecule has 0 saturated heterocycles. The summed E-state index contributed by atoms with van der Waals surface area (Å²) in [6, 6.07) is 21.3. The van der Waals surface area contributed by atoms with Crippen LogP contribution >= 0.6 is 27.9 Å². The molecule has 1 atom stereocenters. The largest absolute Gasteiger partial charge is 0.329 e. The number of halogens is 1. The summed E-state index contributed by atoms with van der Waals surface area (Å²) in [7, 11) is 0. The Balaban J connectivity index is 1.72. The number of aryl methyl sites for hydroxylation is 1. The van der Waals surface area contributed by atoms with Crippen LogP contribution in [-0.4, -0.2) is 11.0 Å². The monoisotopic (exact) mass is 441 g/mol. The zero-order valence-corrected chi connectivity index (χ0v) is 17.3. The van der Waals surface area contributed by atoms with Crippen LogP contribution in [0.1, 0.15) is 22.9 Å². The molecule has 0 fully saturated rings. The molecule has 1 aromatic heterocycles. The van der Waals surface area contributed by atoms with E-state index >= 15 is 0 Å². The van der Waals surface area contributed by atoms with Crippen LogP contribution in [-0.2, 0) is 6.42 Å². The summed E-state index contributed by atoms with van der Waals surface area (Å²) in [6.07, 6.45) is 2.39. The summed E-state index contributed by atoms with van der Waals surface area (Å²) in [5, 5.41) is 3.05. The number of rotatable bonds is 6. The lowest BCUT2D eigenvalue weighted by atomic mass is 10.0. The van der Waals surface area contributed by atoms with E-state index < -0.39 is 0 Å². The van der Waals surface area contributed by atoms with Crippen molar-refractivity contribution in [3.05, 3.63) is 94.2 Å². The van der Waals surface area contributed by atoms with Gasteiger partial charge in [-0.25, -0.2) is 4.79 Å². The van der Waals surface area contributed by atoms with Gasteiger partial charge in [0, 0.05) is 15.6 Å². The molecule has 4 nitrogen and oxygen atoms in total. The minimum atomic E-state index is -0.250. The molecular formula is C21H20BrN3OS. The van der Waals surface area contributed by atoms with Gasteiger partial charge in [-0.3, -0.25) is 9.71 Å². The molecule has 0 saturated carbocycles. The minimum absolute atomic E-state index is 0.248. The van der Waals surface area contributed by atoms with Crippen LogP contribution < -0.4 is 10.0 Å². The van der Waals surface area contributed by atoms with Gasteiger partial charge in [0.1, 0.15) is 0 Å². The highest BCUT2D eigenvalue weighted by Gasteiger charge is 2.19. The number of hydrogen-bond donors (Lipinski definition) is 2. The molecule has 0 spiro atoms. The Kier molecular flexibility index (Phi) is 6.90. The zero-order chi connectivity index (χ0) is 19.1. The van der Waals surface area contributed by atoms with Crippen molar-refractivity contribution in [2.45, 2.75) is 24.3 Å². The summed E-state index contributed by atoms with van der Waals surface area (Å²) >= 11 is 4.85. The standard InChI is InChI=1S/C21H20BrN3OS/c1-15-8-5-6-12-19(15)27-25-21(26)24-18(14-16-9-3-2-4-10-16)20-17(22)11-7-13-23-20/h2-13,18H,14H2,1H3,(H2,24,25,26). The number of nitrogens with one attached hydrogen (secondary N) is 2. The fourth-order valence-electron chi connectivity index (χ4n) is 2.68. The predicted octanol–water partition coefficient (Wildman–Crippen LogP) is 5.44. The second-order valence-electron chi connectivity index (χ2n) is 6.06. The van der Waals surface area contributed by atoms with Gasteiger partial charge in [0.25, 0.3) is 0 Å².